The lowest BCUT2D eigenvalue weighted by atomic mass is 9.80. The third-order valence-electron chi connectivity index (χ3n) is 6.31. The molecule has 1 aliphatic rings. The minimum atomic E-state index is 0.826. The third kappa shape index (κ3) is 5.84. The Morgan fingerprint density at radius 1 is 1.00 bits per heavy atom. The Morgan fingerprint density at radius 3 is 2.29 bits per heavy atom. The topological polar surface area (TPSA) is 0 Å². The Hall–Kier alpha value is -1.82. The van der Waals surface area contributed by atoms with Gasteiger partial charge in [0.2, 0.25) is 0 Å². The fraction of sp³-hybridized carbons (Fsp3) is 0.500. The molecule has 0 aliphatic heterocycles. The van der Waals surface area contributed by atoms with E-state index in [0.717, 1.165) is 18.8 Å². The van der Waals surface area contributed by atoms with Crippen molar-refractivity contribution in [3.05, 3.63) is 75.4 Å². The summed E-state index contributed by atoms with van der Waals surface area (Å²) in [6, 6.07) is 4.74. The Bertz CT molecular complexity index is 792. The van der Waals surface area contributed by atoms with Gasteiger partial charge in [-0.3, -0.25) is 0 Å². The van der Waals surface area contributed by atoms with E-state index in [0.29, 0.717) is 0 Å². The summed E-state index contributed by atoms with van der Waals surface area (Å²) in [7, 11) is 0. The van der Waals surface area contributed by atoms with E-state index in [1.54, 1.807) is 5.57 Å². The highest BCUT2D eigenvalue weighted by Gasteiger charge is 2.18. The highest BCUT2D eigenvalue weighted by molar-refractivity contribution is 5.71. The summed E-state index contributed by atoms with van der Waals surface area (Å²) < 4.78 is 0. The molecule has 1 aliphatic carbocycles. The van der Waals surface area contributed by atoms with Gasteiger partial charge in [0, 0.05) is 0 Å². The minimum absolute atomic E-state index is 0.826. The molecule has 0 aromatic heterocycles. The molecule has 0 heterocycles. The summed E-state index contributed by atoms with van der Waals surface area (Å²) in [5, 5.41) is 0. The van der Waals surface area contributed by atoms with Gasteiger partial charge in [0.1, 0.15) is 0 Å². The zero-order chi connectivity index (χ0) is 20.7. The fourth-order valence-electron chi connectivity index (χ4n) is 4.00. The molecule has 2 rings (SSSR count). The maximum atomic E-state index is 2.41. The SMILES string of the molecule is CCC/C=C(/C=C(/C)c1cc(CC)c(C)cc1C)C(\C)=C\C=C(\C)C1CCC1. The van der Waals surface area contributed by atoms with Gasteiger partial charge in [-0.15, -0.1) is 0 Å². The van der Waals surface area contributed by atoms with E-state index in [1.165, 1.54) is 64.7 Å². The summed E-state index contributed by atoms with van der Waals surface area (Å²) >= 11 is 0. The maximum absolute atomic E-state index is 2.41. The summed E-state index contributed by atoms with van der Waals surface area (Å²) in [5.74, 6) is 0.826. The van der Waals surface area contributed by atoms with Crippen LogP contribution in [0.25, 0.3) is 5.57 Å². The summed E-state index contributed by atoms with van der Waals surface area (Å²) in [6.07, 6.45) is 17.0. The molecular weight excluding hydrogens is 336 g/mol. The summed E-state index contributed by atoms with van der Waals surface area (Å²) in [4.78, 5) is 0. The monoisotopic (exact) mass is 376 g/mol. The van der Waals surface area contributed by atoms with Crippen LogP contribution in [0.3, 0.4) is 0 Å². The normalized spacial score (nSPS) is 17.1. The van der Waals surface area contributed by atoms with Crippen molar-refractivity contribution < 1.29 is 0 Å². The number of unbranched alkanes of at least 4 members (excludes halogenated alkanes) is 1. The zero-order valence-electron chi connectivity index (χ0n) is 19.3. The van der Waals surface area contributed by atoms with Crippen molar-refractivity contribution in [3.63, 3.8) is 0 Å². The van der Waals surface area contributed by atoms with Crippen molar-refractivity contribution in [1.82, 2.24) is 0 Å². The summed E-state index contributed by atoms with van der Waals surface area (Å²) in [6.45, 7) is 15.8. The first kappa shape index (κ1) is 22.5. The molecule has 152 valence electrons. The number of hydrogen-bond donors (Lipinski definition) is 0. The predicted octanol–water partition coefficient (Wildman–Crippen LogP) is 8.69. The van der Waals surface area contributed by atoms with Gasteiger partial charge in [0.05, 0.1) is 0 Å². The second kappa shape index (κ2) is 10.6. The average molecular weight is 377 g/mol. The number of rotatable bonds is 8. The largest absolute Gasteiger partial charge is 0.0770 e. The molecule has 1 aromatic carbocycles. The van der Waals surface area contributed by atoms with Gasteiger partial charge < -0.3 is 0 Å². The van der Waals surface area contributed by atoms with E-state index in [9.17, 15) is 0 Å². The molecule has 0 unspecified atom stereocenters. The molecule has 0 amide bonds. The number of allylic oxidation sites excluding steroid dienone is 8. The summed E-state index contributed by atoms with van der Waals surface area (Å²) in [5.41, 5.74) is 11.3. The van der Waals surface area contributed by atoms with Gasteiger partial charge in [0.25, 0.3) is 0 Å². The van der Waals surface area contributed by atoms with Crippen LogP contribution in [-0.4, -0.2) is 0 Å². The van der Waals surface area contributed by atoms with Crippen LogP contribution >= 0.6 is 0 Å². The van der Waals surface area contributed by atoms with Gasteiger partial charge in [-0.2, -0.15) is 0 Å². The van der Waals surface area contributed by atoms with Gasteiger partial charge >= 0.3 is 0 Å². The molecular formula is C28H40. The van der Waals surface area contributed by atoms with Gasteiger partial charge in [-0.05, 0) is 105 Å². The van der Waals surface area contributed by atoms with Crippen molar-refractivity contribution in [3.8, 4) is 0 Å². The fourth-order valence-corrected chi connectivity index (χ4v) is 4.00. The second-order valence-electron chi connectivity index (χ2n) is 8.61. The van der Waals surface area contributed by atoms with E-state index < -0.39 is 0 Å². The van der Waals surface area contributed by atoms with Crippen molar-refractivity contribution in [2.75, 3.05) is 0 Å². The van der Waals surface area contributed by atoms with Crippen LogP contribution in [0.1, 0.15) is 89.0 Å². The lowest BCUT2D eigenvalue weighted by Crippen LogP contribution is -2.11. The van der Waals surface area contributed by atoms with Crippen molar-refractivity contribution in [2.45, 2.75) is 87.0 Å². The molecule has 0 N–H and O–H groups in total. The molecule has 0 bridgehead atoms. The molecule has 28 heavy (non-hydrogen) atoms. The Labute approximate surface area is 174 Å². The quantitative estimate of drug-likeness (QED) is 0.398. The van der Waals surface area contributed by atoms with Crippen LogP contribution in [-0.2, 0) is 6.42 Å². The first-order chi connectivity index (χ1) is 13.4. The first-order valence-corrected chi connectivity index (χ1v) is 11.2. The molecule has 0 heteroatoms. The van der Waals surface area contributed by atoms with Crippen LogP contribution in [0.4, 0.5) is 0 Å². The van der Waals surface area contributed by atoms with E-state index in [-0.39, 0.29) is 0 Å². The smallest absolute Gasteiger partial charge is 0.0195 e. The molecule has 0 atom stereocenters. The van der Waals surface area contributed by atoms with Gasteiger partial charge in [-0.25, -0.2) is 0 Å². The first-order valence-electron chi connectivity index (χ1n) is 11.2. The highest BCUT2D eigenvalue weighted by atomic mass is 14.2. The van der Waals surface area contributed by atoms with E-state index >= 15 is 0 Å². The molecule has 0 radical (unpaired) electrons. The van der Waals surface area contributed by atoms with Crippen molar-refractivity contribution in [2.24, 2.45) is 5.92 Å². The molecule has 1 aromatic rings. The lowest BCUT2D eigenvalue weighted by Gasteiger charge is -2.26. The van der Waals surface area contributed by atoms with Gasteiger partial charge in [-0.1, -0.05) is 68.7 Å². The molecule has 0 saturated heterocycles. The molecule has 1 saturated carbocycles. The lowest BCUT2D eigenvalue weighted by molar-refractivity contribution is 0.368. The van der Waals surface area contributed by atoms with Crippen molar-refractivity contribution in [1.29, 1.82) is 0 Å². The Balaban J connectivity index is 2.35. The van der Waals surface area contributed by atoms with Crippen molar-refractivity contribution >= 4 is 5.57 Å². The van der Waals surface area contributed by atoms with E-state index in [1.807, 2.05) is 0 Å². The number of hydrogen-bond acceptors (Lipinski definition) is 0. The van der Waals surface area contributed by atoms with E-state index in [4.69, 9.17) is 0 Å². The predicted molar refractivity (Wildman–Crippen MR) is 127 cm³/mol. The minimum Gasteiger partial charge on any atom is -0.0770 e. The van der Waals surface area contributed by atoms with Crippen LogP contribution in [0, 0.1) is 19.8 Å². The number of aryl methyl sites for hydroxylation is 3. The maximum Gasteiger partial charge on any atom is -0.0195 e. The Kier molecular flexibility index (Phi) is 8.55. The third-order valence-corrected chi connectivity index (χ3v) is 6.31. The van der Waals surface area contributed by atoms with Crippen LogP contribution < -0.4 is 0 Å². The average Bonchev–Trinajstić information content (AvgIpc) is 2.61. The van der Waals surface area contributed by atoms with Crippen LogP contribution in [0.5, 0.6) is 0 Å². The molecule has 1 fully saturated rings. The molecule has 0 spiro atoms. The number of benzene rings is 1. The zero-order valence-corrected chi connectivity index (χ0v) is 19.3. The molecule has 0 nitrogen and oxygen atoms in total. The van der Waals surface area contributed by atoms with Crippen LogP contribution in [0.15, 0.2) is 53.2 Å². The Morgan fingerprint density at radius 2 is 1.71 bits per heavy atom. The standard InChI is InChI=1S/C28H40/c1-8-10-12-27(21(4)16-15-20(3)26-13-11-14-26)18-24(7)28-19-25(9-2)22(5)17-23(28)6/h12,15-19,26H,8-11,13-14H2,1-7H3/b20-15-,21-16+,24-18-,27-12-. The van der Waals surface area contributed by atoms with E-state index in [2.05, 4.69) is 84.9 Å². The highest BCUT2D eigenvalue weighted by Crippen LogP contribution is 2.33. The second-order valence-corrected chi connectivity index (χ2v) is 8.61. The van der Waals surface area contributed by atoms with Gasteiger partial charge in [0.15, 0.2) is 0 Å². The van der Waals surface area contributed by atoms with Crippen LogP contribution in [0.2, 0.25) is 0 Å².